The Hall–Kier alpha value is -0.380. The molecule has 0 amide bonds. The Morgan fingerprint density at radius 1 is 1.06 bits per heavy atom. The van der Waals surface area contributed by atoms with Gasteiger partial charge in [0.2, 0.25) is 0 Å². The van der Waals surface area contributed by atoms with Crippen LogP contribution < -0.4 is 0 Å². The van der Waals surface area contributed by atoms with Crippen molar-refractivity contribution in [1.29, 1.82) is 0 Å². The smallest absolute Gasteiger partial charge is 0.129 e. The SMILES string of the molecule is CCC(CCBr)(OOC(C)(C)C)c1ccccc1. The molecule has 0 fully saturated rings. The third kappa shape index (κ3) is 4.38. The molecule has 1 unspecified atom stereocenters. The zero-order chi connectivity index (χ0) is 13.6. The van der Waals surface area contributed by atoms with Crippen LogP contribution in [0.25, 0.3) is 0 Å². The first-order chi connectivity index (χ1) is 8.43. The fourth-order valence-electron chi connectivity index (χ4n) is 1.77. The van der Waals surface area contributed by atoms with Crippen molar-refractivity contribution in [2.45, 2.75) is 51.7 Å². The van der Waals surface area contributed by atoms with Gasteiger partial charge in [-0.15, -0.1) is 0 Å². The summed E-state index contributed by atoms with van der Waals surface area (Å²) in [5.41, 5.74) is 0.482. The molecule has 0 N–H and O–H groups in total. The van der Waals surface area contributed by atoms with Crippen LogP contribution in [0.1, 0.15) is 46.1 Å². The predicted octanol–water partition coefficient (Wildman–Crippen LogP) is 4.82. The average molecular weight is 315 g/mol. The minimum absolute atomic E-state index is 0.304. The average Bonchev–Trinajstić information content (AvgIpc) is 2.35. The molecule has 1 rings (SSSR count). The highest BCUT2D eigenvalue weighted by molar-refractivity contribution is 9.09. The van der Waals surface area contributed by atoms with Crippen molar-refractivity contribution < 1.29 is 9.78 Å². The highest BCUT2D eigenvalue weighted by Gasteiger charge is 2.33. The molecule has 0 saturated carbocycles. The topological polar surface area (TPSA) is 18.5 Å². The van der Waals surface area contributed by atoms with E-state index in [1.807, 2.05) is 39.0 Å². The van der Waals surface area contributed by atoms with Gasteiger partial charge >= 0.3 is 0 Å². The maximum atomic E-state index is 5.84. The zero-order valence-corrected chi connectivity index (χ0v) is 13.3. The molecule has 0 spiro atoms. The van der Waals surface area contributed by atoms with Crippen molar-refractivity contribution in [3.63, 3.8) is 0 Å². The predicted molar refractivity (Wildman–Crippen MR) is 78.7 cm³/mol. The van der Waals surface area contributed by atoms with E-state index in [-0.39, 0.29) is 11.2 Å². The fraction of sp³-hybridized carbons (Fsp3) is 0.600. The molecule has 0 saturated heterocycles. The second kappa shape index (κ2) is 6.69. The molecule has 0 bridgehead atoms. The van der Waals surface area contributed by atoms with Gasteiger partial charge in [0.05, 0.1) is 5.60 Å². The highest BCUT2D eigenvalue weighted by Crippen LogP contribution is 2.35. The Morgan fingerprint density at radius 2 is 1.67 bits per heavy atom. The van der Waals surface area contributed by atoms with Gasteiger partial charge in [-0.1, -0.05) is 53.2 Å². The van der Waals surface area contributed by atoms with Crippen molar-refractivity contribution in [3.05, 3.63) is 35.9 Å². The van der Waals surface area contributed by atoms with Crippen LogP contribution in [0.4, 0.5) is 0 Å². The van der Waals surface area contributed by atoms with Gasteiger partial charge in [0, 0.05) is 5.33 Å². The van der Waals surface area contributed by atoms with Crippen molar-refractivity contribution in [3.8, 4) is 0 Å². The Labute approximate surface area is 119 Å². The Kier molecular flexibility index (Phi) is 5.83. The van der Waals surface area contributed by atoms with Crippen LogP contribution in [0.3, 0.4) is 0 Å². The lowest BCUT2D eigenvalue weighted by atomic mass is 9.89. The molecular weight excluding hydrogens is 292 g/mol. The number of hydrogen-bond acceptors (Lipinski definition) is 2. The number of hydrogen-bond donors (Lipinski definition) is 0. The molecule has 1 aromatic carbocycles. The second-order valence-electron chi connectivity index (χ2n) is 5.43. The van der Waals surface area contributed by atoms with Gasteiger partial charge in [0.25, 0.3) is 0 Å². The van der Waals surface area contributed by atoms with Gasteiger partial charge in [0.1, 0.15) is 5.60 Å². The molecule has 0 aromatic heterocycles. The van der Waals surface area contributed by atoms with Crippen LogP contribution in [0.2, 0.25) is 0 Å². The Morgan fingerprint density at radius 3 is 2.11 bits per heavy atom. The summed E-state index contributed by atoms with van der Waals surface area (Å²) in [7, 11) is 0. The van der Waals surface area contributed by atoms with E-state index in [1.165, 1.54) is 0 Å². The summed E-state index contributed by atoms with van der Waals surface area (Å²) < 4.78 is 0. The van der Waals surface area contributed by atoms with E-state index in [0.717, 1.165) is 23.7 Å². The number of alkyl halides is 1. The van der Waals surface area contributed by atoms with Crippen molar-refractivity contribution >= 4 is 15.9 Å². The van der Waals surface area contributed by atoms with Crippen molar-refractivity contribution in [2.75, 3.05) is 5.33 Å². The lowest BCUT2D eigenvalue weighted by Crippen LogP contribution is -2.34. The molecule has 1 atom stereocenters. The van der Waals surface area contributed by atoms with Crippen LogP contribution in [-0.4, -0.2) is 10.9 Å². The monoisotopic (exact) mass is 314 g/mol. The summed E-state index contributed by atoms with van der Waals surface area (Å²) >= 11 is 3.51. The summed E-state index contributed by atoms with van der Waals surface area (Å²) in [5, 5.41) is 0.878. The van der Waals surface area contributed by atoms with E-state index in [2.05, 4.69) is 35.0 Å². The van der Waals surface area contributed by atoms with Gasteiger partial charge in [-0.3, -0.25) is 0 Å². The summed E-state index contributed by atoms with van der Waals surface area (Å²) in [6.07, 6.45) is 1.75. The van der Waals surface area contributed by atoms with Crippen LogP contribution in [0.15, 0.2) is 30.3 Å². The second-order valence-corrected chi connectivity index (χ2v) is 6.22. The first-order valence-corrected chi connectivity index (χ1v) is 7.54. The van der Waals surface area contributed by atoms with Gasteiger partial charge < -0.3 is 0 Å². The normalized spacial score (nSPS) is 15.4. The van der Waals surface area contributed by atoms with Crippen LogP contribution in [0.5, 0.6) is 0 Å². The Bertz CT molecular complexity index is 345. The third-order valence-corrected chi connectivity index (χ3v) is 3.22. The van der Waals surface area contributed by atoms with E-state index in [9.17, 15) is 0 Å². The van der Waals surface area contributed by atoms with Crippen LogP contribution >= 0.6 is 15.9 Å². The molecule has 0 radical (unpaired) electrons. The summed E-state index contributed by atoms with van der Waals surface area (Å²) in [4.78, 5) is 11.4. The lowest BCUT2D eigenvalue weighted by Gasteiger charge is -2.34. The number of benzene rings is 1. The summed E-state index contributed by atoms with van der Waals surface area (Å²) in [6.45, 7) is 8.10. The third-order valence-electron chi connectivity index (χ3n) is 2.82. The quantitative estimate of drug-likeness (QED) is 0.425. The number of halogens is 1. The molecular formula is C15H23BrO2. The first kappa shape index (κ1) is 15.7. The highest BCUT2D eigenvalue weighted by atomic mass is 79.9. The molecule has 0 aliphatic heterocycles. The largest absolute Gasteiger partial charge is 0.230 e. The molecule has 0 heterocycles. The molecule has 3 heteroatoms. The Balaban J connectivity index is 2.94. The van der Waals surface area contributed by atoms with Crippen LogP contribution in [0, 0.1) is 0 Å². The zero-order valence-electron chi connectivity index (χ0n) is 11.7. The fourth-order valence-corrected chi connectivity index (χ4v) is 2.41. The van der Waals surface area contributed by atoms with E-state index >= 15 is 0 Å². The molecule has 1 aromatic rings. The van der Waals surface area contributed by atoms with E-state index in [0.29, 0.717) is 0 Å². The molecule has 2 nitrogen and oxygen atoms in total. The van der Waals surface area contributed by atoms with Gasteiger partial charge in [0.15, 0.2) is 0 Å². The molecule has 0 aliphatic carbocycles. The van der Waals surface area contributed by atoms with E-state index in [4.69, 9.17) is 9.78 Å². The summed E-state index contributed by atoms with van der Waals surface area (Å²) in [6, 6.07) is 10.3. The van der Waals surface area contributed by atoms with Crippen molar-refractivity contribution in [2.24, 2.45) is 0 Å². The maximum Gasteiger partial charge on any atom is 0.129 e. The van der Waals surface area contributed by atoms with Gasteiger partial charge in [-0.2, -0.15) is 0 Å². The lowest BCUT2D eigenvalue weighted by molar-refractivity contribution is -0.410. The first-order valence-electron chi connectivity index (χ1n) is 6.42. The molecule has 102 valence electrons. The minimum atomic E-state index is -0.377. The molecule has 0 aliphatic rings. The van der Waals surface area contributed by atoms with Gasteiger partial charge in [-0.05, 0) is 39.2 Å². The molecule has 18 heavy (non-hydrogen) atoms. The van der Waals surface area contributed by atoms with Crippen molar-refractivity contribution in [1.82, 2.24) is 0 Å². The summed E-state index contributed by atoms with van der Waals surface area (Å²) in [5.74, 6) is 0. The van der Waals surface area contributed by atoms with Gasteiger partial charge in [-0.25, -0.2) is 9.78 Å². The van der Waals surface area contributed by atoms with E-state index in [1.54, 1.807) is 0 Å². The van der Waals surface area contributed by atoms with Crippen LogP contribution in [-0.2, 0) is 15.4 Å². The minimum Gasteiger partial charge on any atom is -0.230 e. The standard InChI is InChI=1S/C15H23BrO2/c1-5-15(11-12-16,18-17-14(2,3)4)13-9-7-6-8-10-13/h6-10H,5,11-12H2,1-4H3. The maximum absolute atomic E-state index is 5.84. The number of rotatable bonds is 6. The van der Waals surface area contributed by atoms with E-state index < -0.39 is 0 Å².